The van der Waals surface area contributed by atoms with Crippen LogP contribution in [0.1, 0.15) is 12.2 Å². The molecule has 1 aliphatic heterocycles. The van der Waals surface area contributed by atoms with E-state index in [-0.39, 0.29) is 0 Å². The van der Waals surface area contributed by atoms with Gasteiger partial charge in [-0.1, -0.05) is 0 Å². The smallest absolute Gasteiger partial charge is 0.109 e. The van der Waals surface area contributed by atoms with Crippen molar-refractivity contribution in [2.45, 2.75) is 18.4 Å². The quantitative estimate of drug-likeness (QED) is 0.676. The van der Waals surface area contributed by atoms with E-state index in [1.807, 2.05) is 17.8 Å². The molecule has 0 bridgehead atoms. The third-order valence-electron chi connectivity index (χ3n) is 2.98. The molecule has 16 heavy (non-hydrogen) atoms. The Kier molecular flexibility index (Phi) is 3.58. The van der Waals surface area contributed by atoms with Crippen molar-refractivity contribution < 1.29 is 9.84 Å². The number of ether oxygens (including phenoxy) is 1. The van der Waals surface area contributed by atoms with Gasteiger partial charge < -0.3 is 19.7 Å². The molecule has 0 amide bonds. The second-order valence-electron chi connectivity index (χ2n) is 4.41. The van der Waals surface area contributed by atoms with Crippen molar-refractivity contribution in [3.63, 3.8) is 0 Å². The van der Waals surface area contributed by atoms with E-state index in [2.05, 4.69) is 10.3 Å². The van der Waals surface area contributed by atoms with Crippen molar-refractivity contribution in [1.29, 1.82) is 0 Å². The van der Waals surface area contributed by atoms with Gasteiger partial charge in [-0.05, 0) is 0 Å². The Hall–Kier alpha value is -0.910. The van der Waals surface area contributed by atoms with E-state index < -0.39 is 5.60 Å². The van der Waals surface area contributed by atoms with Crippen LogP contribution < -0.4 is 5.32 Å². The topological polar surface area (TPSA) is 59.3 Å². The minimum atomic E-state index is -0.665. The highest BCUT2D eigenvalue weighted by Gasteiger charge is 2.31. The molecule has 90 valence electrons. The zero-order valence-electron chi connectivity index (χ0n) is 9.65. The van der Waals surface area contributed by atoms with Gasteiger partial charge >= 0.3 is 0 Å². The summed E-state index contributed by atoms with van der Waals surface area (Å²) in [6.07, 6.45) is 5.34. The largest absolute Gasteiger partial charge is 0.386 e. The van der Waals surface area contributed by atoms with E-state index in [1.54, 1.807) is 6.20 Å². The van der Waals surface area contributed by atoms with Crippen LogP contribution in [0.25, 0.3) is 0 Å². The summed E-state index contributed by atoms with van der Waals surface area (Å²) < 4.78 is 7.18. The molecule has 2 rings (SSSR count). The number of nitrogens with zero attached hydrogens (tertiary/aromatic N) is 2. The molecule has 1 saturated heterocycles. The molecule has 1 unspecified atom stereocenters. The van der Waals surface area contributed by atoms with Gasteiger partial charge in [-0.2, -0.15) is 0 Å². The van der Waals surface area contributed by atoms with E-state index in [9.17, 15) is 5.11 Å². The average molecular weight is 225 g/mol. The fourth-order valence-corrected chi connectivity index (χ4v) is 1.89. The van der Waals surface area contributed by atoms with E-state index in [0.717, 1.165) is 25.2 Å². The summed E-state index contributed by atoms with van der Waals surface area (Å²) in [5.41, 5.74) is -0.665. The molecule has 0 spiro atoms. The van der Waals surface area contributed by atoms with Crippen molar-refractivity contribution in [3.8, 4) is 0 Å². The third kappa shape index (κ3) is 2.81. The molecule has 0 saturated carbocycles. The normalized spacial score (nSPS) is 25.1. The molecule has 0 aliphatic carbocycles. The zero-order valence-corrected chi connectivity index (χ0v) is 9.65. The van der Waals surface area contributed by atoms with Crippen molar-refractivity contribution in [2.75, 3.05) is 26.3 Å². The van der Waals surface area contributed by atoms with Gasteiger partial charge in [0.15, 0.2) is 0 Å². The lowest BCUT2D eigenvalue weighted by Crippen LogP contribution is -2.41. The van der Waals surface area contributed by atoms with Gasteiger partial charge in [0.1, 0.15) is 11.4 Å². The van der Waals surface area contributed by atoms with Crippen molar-refractivity contribution in [3.05, 3.63) is 18.2 Å². The lowest BCUT2D eigenvalue weighted by atomic mass is 10.0. The summed E-state index contributed by atoms with van der Waals surface area (Å²) in [6.45, 7) is 2.53. The maximum absolute atomic E-state index is 9.99. The van der Waals surface area contributed by atoms with Gasteiger partial charge in [0.05, 0.1) is 6.61 Å². The Labute approximate surface area is 95.4 Å². The Morgan fingerprint density at radius 3 is 3.19 bits per heavy atom. The molecule has 2 N–H and O–H groups in total. The predicted molar refractivity (Wildman–Crippen MR) is 60.2 cm³/mol. The van der Waals surface area contributed by atoms with Gasteiger partial charge in [0.2, 0.25) is 0 Å². The number of nitrogens with one attached hydrogen (secondary N) is 1. The number of imidazole rings is 1. The van der Waals surface area contributed by atoms with E-state index in [4.69, 9.17) is 4.74 Å². The molecule has 1 aromatic heterocycles. The molecule has 1 atom stereocenters. The standard InChI is InChI=1S/C11H19N3O2/c1-14-6-5-13-10(14)2-4-12-8-11(15)3-7-16-9-11/h5-6,12,15H,2-4,7-9H2,1H3. The van der Waals surface area contributed by atoms with Crippen LogP contribution in [0, 0.1) is 0 Å². The van der Waals surface area contributed by atoms with E-state index in [1.165, 1.54) is 0 Å². The molecule has 5 heteroatoms. The number of rotatable bonds is 5. The molecular weight excluding hydrogens is 206 g/mol. The highest BCUT2D eigenvalue weighted by atomic mass is 16.5. The van der Waals surface area contributed by atoms with Crippen LogP contribution in [0.15, 0.2) is 12.4 Å². The first-order valence-electron chi connectivity index (χ1n) is 5.67. The van der Waals surface area contributed by atoms with Crippen LogP contribution in [0.5, 0.6) is 0 Å². The van der Waals surface area contributed by atoms with Gasteiger partial charge in [0, 0.05) is 52.0 Å². The van der Waals surface area contributed by atoms with Gasteiger partial charge in [-0.15, -0.1) is 0 Å². The van der Waals surface area contributed by atoms with Crippen LogP contribution in [-0.4, -0.2) is 46.6 Å². The van der Waals surface area contributed by atoms with Crippen molar-refractivity contribution in [1.82, 2.24) is 14.9 Å². The van der Waals surface area contributed by atoms with E-state index in [0.29, 0.717) is 19.8 Å². The summed E-state index contributed by atoms with van der Waals surface area (Å²) in [6, 6.07) is 0. The molecular formula is C11H19N3O2. The molecule has 1 aromatic rings. The number of hydrogen-bond donors (Lipinski definition) is 2. The Morgan fingerprint density at radius 2 is 2.56 bits per heavy atom. The third-order valence-corrected chi connectivity index (χ3v) is 2.98. The first-order chi connectivity index (χ1) is 7.70. The molecule has 1 fully saturated rings. The summed E-state index contributed by atoms with van der Waals surface area (Å²) in [5, 5.41) is 13.2. The molecule has 0 aromatic carbocycles. The Bertz CT molecular complexity index is 332. The first kappa shape index (κ1) is 11.6. The van der Waals surface area contributed by atoms with Crippen LogP contribution in [0.3, 0.4) is 0 Å². The highest BCUT2D eigenvalue weighted by Crippen LogP contribution is 2.16. The monoisotopic (exact) mass is 225 g/mol. The van der Waals surface area contributed by atoms with Crippen molar-refractivity contribution in [2.24, 2.45) is 7.05 Å². The second-order valence-corrected chi connectivity index (χ2v) is 4.41. The lowest BCUT2D eigenvalue weighted by molar-refractivity contribution is 0.0273. The van der Waals surface area contributed by atoms with Gasteiger partial charge in [-0.3, -0.25) is 0 Å². The van der Waals surface area contributed by atoms with Crippen LogP contribution in [0.2, 0.25) is 0 Å². The zero-order chi connectivity index (χ0) is 11.4. The Morgan fingerprint density at radius 1 is 1.69 bits per heavy atom. The maximum atomic E-state index is 9.99. The minimum absolute atomic E-state index is 0.447. The summed E-state index contributed by atoms with van der Waals surface area (Å²) in [5.74, 6) is 1.06. The lowest BCUT2D eigenvalue weighted by Gasteiger charge is -2.20. The van der Waals surface area contributed by atoms with Crippen LogP contribution in [-0.2, 0) is 18.2 Å². The molecule has 5 nitrogen and oxygen atoms in total. The molecule has 0 radical (unpaired) electrons. The number of hydrogen-bond acceptors (Lipinski definition) is 4. The summed E-state index contributed by atoms with van der Waals surface area (Å²) in [4.78, 5) is 4.24. The summed E-state index contributed by atoms with van der Waals surface area (Å²) in [7, 11) is 1.99. The van der Waals surface area contributed by atoms with Crippen LogP contribution in [0.4, 0.5) is 0 Å². The Balaban J connectivity index is 1.67. The second kappa shape index (κ2) is 4.95. The van der Waals surface area contributed by atoms with Gasteiger partial charge in [0.25, 0.3) is 0 Å². The SMILES string of the molecule is Cn1ccnc1CCNCC1(O)CCOC1. The van der Waals surface area contributed by atoms with Gasteiger partial charge in [-0.25, -0.2) is 4.98 Å². The molecule has 2 heterocycles. The predicted octanol–water partition coefficient (Wildman–Crippen LogP) is -0.296. The number of aliphatic hydroxyl groups is 1. The first-order valence-corrected chi connectivity index (χ1v) is 5.67. The summed E-state index contributed by atoms with van der Waals surface area (Å²) >= 11 is 0. The molecule has 1 aliphatic rings. The minimum Gasteiger partial charge on any atom is -0.386 e. The van der Waals surface area contributed by atoms with Crippen LogP contribution >= 0.6 is 0 Å². The maximum Gasteiger partial charge on any atom is 0.109 e. The highest BCUT2D eigenvalue weighted by molar-refractivity contribution is 4.92. The van der Waals surface area contributed by atoms with Crippen molar-refractivity contribution >= 4 is 0 Å². The fourth-order valence-electron chi connectivity index (χ4n) is 1.89. The number of aromatic nitrogens is 2. The number of aryl methyl sites for hydroxylation is 1. The average Bonchev–Trinajstić information content (AvgIpc) is 2.84. The van der Waals surface area contributed by atoms with E-state index >= 15 is 0 Å². The fraction of sp³-hybridized carbons (Fsp3) is 0.727.